The van der Waals surface area contributed by atoms with Crippen molar-refractivity contribution in [2.24, 2.45) is 0 Å². The molecule has 1 fully saturated rings. The number of fused-ring (bicyclic) bond motifs is 1. The summed E-state index contributed by atoms with van der Waals surface area (Å²) in [7, 11) is 1.68. The molecule has 170 valence electrons. The molecule has 0 aliphatic carbocycles. The zero-order valence-electron chi connectivity index (χ0n) is 19.1. The minimum atomic E-state index is 0.657. The Morgan fingerprint density at radius 3 is 2.72 bits per heavy atom. The molecule has 0 bridgehead atoms. The zero-order valence-corrected chi connectivity index (χ0v) is 19.1. The molecule has 0 atom stereocenters. The molecule has 0 unspecified atom stereocenters. The average Bonchev–Trinajstić information content (AvgIpc) is 3.17. The number of rotatable bonds is 10. The van der Waals surface area contributed by atoms with Gasteiger partial charge < -0.3 is 18.8 Å². The van der Waals surface area contributed by atoms with Gasteiger partial charge in [-0.2, -0.15) is 0 Å². The quantitative estimate of drug-likeness (QED) is 0.430. The molecule has 2 heterocycles. The van der Waals surface area contributed by atoms with Gasteiger partial charge in [0.05, 0.1) is 44.5 Å². The number of benzene rings is 2. The predicted molar refractivity (Wildman–Crippen MR) is 128 cm³/mol. The molecule has 1 aromatic heterocycles. The van der Waals surface area contributed by atoms with Crippen molar-refractivity contribution in [3.8, 4) is 11.5 Å². The SMILES string of the molecule is C/C=C/c1ccc(OCCCCn2c(CN3CCOCC3)nc3ccccc32)c(OC)c1. The second-order valence-corrected chi connectivity index (χ2v) is 8.02. The highest BCUT2D eigenvalue weighted by Crippen LogP contribution is 2.29. The molecule has 0 saturated carbocycles. The fourth-order valence-corrected chi connectivity index (χ4v) is 4.11. The molecule has 0 amide bonds. The summed E-state index contributed by atoms with van der Waals surface area (Å²) in [5.41, 5.74) is 3.38. The lowest BCUT2D eigenvalue weighted by molar-refractivity contribution is 0.0326. The Morgan fingerprint density at radius 2 is 1.91 bits per heavy atom. The number of morpholine rings is 1. The van der Waals surface area contributed by atoms with Crippen molar-refractivity contribution >= 4 is 17.1 Å². The molecule has 6 nitrogen and oxygen atoms in total. The van der Waals surface area contributed by atoms with E-state index in [1.54, 1.807) is 7.11 Å². The summed E-state index contributed by atoms with van der Waals surface area (Å²) in [6.45, 7) is 7.99. The molecule has 1 aliphatic heterocycles. The Hall–Kier alpha value is -2.83. The highest BCUT2D eigenvalue weighted by atomic mass is 16.5. The van der Waals surface area contributed by atoms with Crippen LogP contribution in [-0.2, 0) is 17.8 Å². The molecule has 1 saturated heterocycles. The maximum Gasteiger partial charge on any atom is 0.161 e. The van der Waals surface area contributed by atoms with Gasteiger partial charge >= 0.3 is 0 Å². The van der Waals surface area contributed by atoms with Crippen LogP contribution >= 0.6 is 0 Å². The van der Waals surface area contributed by atoms with Crippen LogP contribution in [0.25, 0.3) is 17.1 Å². The smallest absolute Gasteiger partial charge is 0.161 e. The summed E-state index contributed by atoms with van der Waals surface area (Å²) < 4.78 is 19.4. The number of ether oxygens (including phenoxy) is 3. The van der Waals surface area contributed by atoms with Crippen molar-refractivity contribution in [3.63, 3.8) is 0 Å². The van der Waals surface area contributed by atoms with Gasteiger partial charge in [0.2, 0.25) is 0 Å². The van der Waals surface area contributed by atoms with Gasteiger partial charge in [-0.05, 0) is 49.6 Å². The Bertz CT molecular complexity index is 1040. The topological polar surface area (TPSA) is 48.8 Å². The van der Waals surface area contributed by atoms with Gasteiger partial charge in [0.15, 0.2) is 11.5 Å². The summed E-state index contributed by atoms with van der Waals surface area (Å²) >= 11 is 0. The van der Waals surface area contributed by atoms with E-state index in [1.165, 1.54) is 5.52 Å². The third kappa shape index (κ3) is 5.50. The number of para-hydroxylation sites is 2. The summed E-state index contributed by atoms with van der Waals surface area (Å²) in [6, 6.07) is 14.4. The zero-order chi connectivity index (χ0) is 22.2. The van der Waals surface area contributed by atoms with Gasteiger partial charge in [-0.15, -0.1) is 0 Å². The Balaban J connectivity index is 1.35. The van der Waals surface area contributed by atoms with Crippen molar-refractivity contribution in [1.29, 1.82) is 0 Å². The lowest BCUT2D eigenvalue weighted by Crippen LogP contribution is -2.36. The monoisotopic (exact) mass is 435 g/mol. The second-order valence-electron chi connectivity index (χ2n) is 8.02. The van der Waals surface area contributed by atoms with E-state index in [0.717, 1.165) is 80.6 Å². The lowest BCUT2D eigenvalue weighted by atomic mass is 10.2. The largest absolute Gasteiger partial charge is 0.493 e. The Labute approximate surface area is 190 Å². The Kier molecular flexibility index (Phi) is 7.80. The van der Waals surface area contributed by atoms with E-state index in [1.807, 2.05) is 31.2 Å². The van der Waals surface area contributed by atoms with Crippen molar-refractivity contribution in [2.75, 3.05) is 40.0 Å². The number of allylic oxidation sites excluding steroid dienone is 1. The van der Waals surface area contributed by atoms with E-state index < -0.39 is 0 Å². The average molecular weight is 436 g/mol. The Morgan fingerprint density at radius 1 is 1.06 bits per heavy atom. The molecule has 2 aromatic carbocycles. The first kappa shape index (κ1) is 22.4. The molecule has 1 aliphatic rings. The van der Waals surface area contributed by atoms with Crippen molar-refractivity contribution in [1.82, 2.24) is 14.5 Å². The normalized spacial score (nSPS) is 14.9. The number of aryl methyl sites for hydroxylation is 1. The van der Waals surface area contributed by atoms with E-state index in [-0.39, 0.29) is 0 Å². The first-order valence-electron chi connectivity index (χ1n) is 11.5. The van der Waals surface area contributed by atoms with Crippen LogP contribution in [0.2, 0.25) is 0 Å². The van der Waals surface area contributed by atoms with Crippen LogP contribution in [0.5, 0.6) is 11.5 Å². The van der Waals surface area contributed by atoms with Gasteiger partial charge in [0.1, 0.15) is 5.82 Å². The number of unbranched alkanes of at least 4 members (excludes halogenated alkanes) is 1. The summed E-state index contributed by atoms with van der Waals surface area (Å²) in [5, 5.41) is 0. The molecule has 0 spiro atoms. The molecule has 0 N–H and O–H groups in total. The fourth-order valence-electron chi connectivity index (χ4n) is 4.11. The second kappa shape index (κ2) is 11.2. The molecule has 3 aromatic rings. The summed E-state index contributed by atoms with van der Waals surface area (Å²) in [4.78, 5) is 7.35. The number of hydrogen-bond acceptors (Lipinski definition) is 5. The van der Waals surface area contributed by atoms with Crippen LogP contribution in [0.4, 0.5) is 0 Å². The van der Waals surface area contributed by atoms with Crippen molar-refractivity contribution in [2.45, 2.75) is 32.9 Å². The highest BCUT2D eigenvalue weighted by Gasteiger charge is 2.16. The van der Waals surface area contributed by atoms with E-state index >= 15 is 0 Å². The van der Waals surface area contributed by atoms with Crippen LogP contribution in [0, 0.1) is 0 Å². The number of imidazole rings is 1. The molecule has 6 heteroatoms. The fraction of sp³-hybridized carbons (Fsp3) is 0.423. The first-order chi connectivity index (χ1) is 15.8. The maximum atomic E-state index is 6.02. The van der Waals surface area contributed by atoms with Crippen LogP contribution in [0.15, 0.2) is 48.5 Å². The van der Waals surface area contributed by atoms with Crippen molar-refractivity contribution < 1.29 is 14.2 Å². The van der Waals surface area contributed by atoms with E-state index in [0.29, 0.717) is 6.61 Å². The van der Waals surface area contributed by atoms with Gasteiger partial charge in [0.25, 0.3) is 0 Å². The van der Waals surface area contributed by atoms with Crippen LogP contribution < -0.4 is 9.47 Å². The van der Waals surface area contributed by atoms with E-state index in [4.69, 9.17) is 19.2 Å². The molecular formula is C26H33N3O3. The molecular weight excluding hydrogens is 402 g/mol. The van der Waals surface area contributed by atoms with Gasteiger partial charge in [-0.1, -0.05) is 30.4 Å². The number of nitrogens with zero attached hydrogens (tertiary/aromatic N) is 3. The first-order valence-corrected chi connectivity index (χ1v) is 11.5. The highest BCUT2D eigenvalue weighted by molar-refractivity contribution is 5.75. The van der Waals surface area contributed by atoms with Crippen LogP contribution in [0.1, 0.15) is 31.2 Å². The van der Waals surface area contributed by atoms with Crippen LogP contribution in [0.3, 0.4) is 0 Å². The van der Waals surface area contributed by atoms with E-state index in [2.05, 4.69) is 39.8 Å². The number of hydrogen-bond donors (Lipinski definition) is 0. The molecule has 32 heavy (non-hydrogen) atoms. The third-order valence-electron chi connectivity index (χ3n) is 5.78. The number of aromatic nitrogens is 2. The van der Waals surface area contributed by atoms with Gasteiger partial charge in [-0.3, -0.25) is 4.90 Å². The standard InChI is InChI=1S/C26H33N3O3/c1-3-8-21-11-12-24(25(19-21)30-2)32-16-7-6-13-29-23-10-5-4-9-22(23)27-26(29)20-28-14-17-31-18-15-28/h3-5,8-12,19H,6-7,13-18,20H2,1-2H3/b8-3+. The minimum absolute atomic E-state index is 0.657. The van der Waals surface area contributed by atoms with Crippen LogP contribution in [-0.4, -0.2) is 54.5 Å². The lowest BCUT2D eigenvalue weighted by Gasteiger charge is -2.26. The molecule has 0 radical (unpaired) electrons. The maximum absolute atomic E-state index is 6.02. The summed E-state index contributed by atoms with van der Waals surface area (Å²) in [5.74, 6) is 2.70. The minimum Gasteiger partial charge on any atom is -0.493 e. The van der Waals surface area contributed by atoms with Gasteiger partial charge in [0, 0.05) is 19.6 Å². The summed E-state index contributed by atoms with van der Waals surface area (Å²) in [6.07, 6.45) is 6.05. The number of methoxy groups -OCH3 is 1. The van der Waals surface area contributed by atoms with Crippen molar-refractivity contribution in [3.05, 3.63) is 59.9 Å². The van der Waals surface area contributed by atoms with E-state index in [9.17, 15) is 0 Å². The van der Waals surface area contributed by atoms with Gasteiger partial charge in [-0.25, -0.2) is 4.98 Å². The third-order valence-corrected chi connectivity index (χ3v) is 5.78. The predicted octanol–water partition coefficient (Wildman–Crippen LogP) is 4.77. The molecule has 4 rings (SSSR count).